The summed E-state index contributed by atoms with van der Waals surface area (Å²) in [7, 11) is 0. The van der Waals surface area contributed by atoms with E-state index in [1.165, 1.54) is 10.4 Å². The second kappa shape index (κ2) is 8.41. The van der Waals surface area contributed by atoms with Crippen LogP contribution in [-0.4, -0.2) is 36.7 Å². The summed E-state index contributed by atoms with van der Waals surface area (Å²) in [5.74, 6) is 0.847. The molecule has 1 aromatic heterocycles. The van der Waals surface area contributed by atoms with E-state index >= 15 is 0 Å². The van der Waals surface area contributed by atoms with Crippen LogP contribution in [0.3, 0.4) is 0 Å². The number of urea groups is 1. The summed E-state index contributed by atoms with van der Waals surface area (Å²) in [6.07, 6.45) is 0.896. The Bertz CT molecular complexity index is 1120. The lowest BCUT2D eigenvalue weighted by atomic mass is 9.93. The van der Waals surface area contributed by atoms with Crippen molar-refractivity contribution in [1.82, 2.24) is 10.2 Å². The molecule has 0 saturated carbocycles. The Morgan fingerprint density at radius 3 is 2.77 bits per heavy atom. The number of benzene rings is 2. The van der Waals surface area contributed by atoms with Gasteiger partial charge >= 0.3 is 6.03 Å². The molecular weight excluding hydrogens is 414 g/mol. The fourth-order valence-corrected chi connectivity index (χ4v) is 4.96. The van der Waals surface area contributed by atoms with Gasteiger partial charge in [-0.25, -0.2) is 4.79 Å². The lowest BCUT2D eigenvalue weighted by molar-refractivity contribution is -0.121. The summed E-state index contributed by atoms with van der Waals surface area (Å²) in [5, 5.41) is 7.20. The highest BCUT2D eigenvalue weighted by Crippen LogP contribution is 2.37. The van der Waals surface area contributed by atoms with Gasteiger partial charge in [0.2, 0.25) is 12.7 Å². The van der Waals surface area contributed by atoms with E-state index in [4.69, 9.17) is 9.47 Å². The second-order valence-corrected chi connectivity index (χ2v) is 8.40. The molecule has 0 fully saturated rings. The normalized spacial score (nSPS) is 17.1. The van der Waals surface area contributed by atoms with Crippen molar-refractivity contribution in [2.75, 3.05) is 25.2 Å². The third kappa shape index (κ3) is 4.12. The van der Waals surface area contributed by atoms with Crippen LogP contribution in [0.1, 0.15) is 22.0 Å². The third-order valence-corrected chi connectivity index (χ3v) is 6.41. The van der Waals surface area contributed by atoms with E-state index in [1.807, 2.05) is 18.2 Å². The molecule has 1 atom stereocenters. The van der Waals surface area contributed by atoms with Gasteiger partial charge in [-0.15, -0.1) is 11.3 Å². The van der Waals surface area contributed by atoms with Crippen LogP contribution in [0.15, 0.2) is 60.0 Å². The molecule has 8 heteroatoms. The molecule has 3 heterocycles. The number of rotatable bonds is 4. The first-order valence-electron chi connectivity index (χ1n) is 10.0. The molecule has 0 unspecified atom stereocenters. The van der Waals surface area contributed by atoms with E-state index in [-0.39, 0.29) is 25.3 Å². The molecule has 7 nitrogen and oxygen atoms in total. The Morgan fingerprint density at radius 2 is 1.90 bits per heavy atom. The number of fused-ring (bicyclic) bond motifs is 2. The van der Waals surface area contributed by atoms with Gasteiger partial charge in [-0.1, -0.05) is 30.3 Å². The number of hydrogen-bond acceptors (Lipinski definition) is 6. The van der Waals surface area contributed by atoms with E-state index in [2.05, 4.69) is 39.1 Å². The minimum atomic E-state index is -0.576. The molecule has 5 rings (SSSR count). The van der Waals surface area contributed by atoms with Crippen molar-refractivity contribution in [1.29, 1.82) is 0 Å². The van der Waals surface area contributed by atoms with Crippen molar-refractivity contribution in [3.05, 3.63) is 76.0 Å². The number of thiophene rings is 1. The fraction of sp³-hybridized carbons (Fsp3) is 0.217. The quantitative estimate of drug-likeness (QED) is 0.652. The monoisotopic (exact) mass is 435 g/mol. The van der Waals surface area contributed by atoms with Gasteiger partial charge in [0.05, 0.1) is 12.6 Å². The Balaban J connectivity index is 1.25. The fourth-order valence-electron chi connectivity index (χ4n) is 4.05. The van der Waals surface area contributed by atoms with Gasteiger partial charge in [-0.3, -0.25) is 15.0 Å². The Hall–Kier alpha value is -3.36. The van der Waals surface area contributed by atoms with E-state index in [0.717, 1.165) is 18.5 Å². The van der Waals surface area contributed by atoms with Crippen LogP contribution < -0.4 is 20.1 Å². The summed E-state index contributed by atoms with van der Waals surface area (Å²) in [4.78, 5) is 28.5. The van der Waals surface area contributed by atoms with Crippen molar-refractivity contribution < 1.29 is 19.1 Å². The predicted molar refractivity (Wildman–Crippen MR) is 118 cm³/mol. The van der Waals surface area contributed by atoms with Crippen molar-refractivity contribution >= 4 is 29.0 Å². The molecule has 2 N–H and O–H groups in total. The molecule has 3 aromatic rings. The Labute approximate surface area is 183 Å². The van der Waals surface area contributed by atoms with Crippen LogP contribution in [0.5, 0.6) is 11.5 Å². The molecule has 0 spiro atoms. The lowest BCUT2D eigenvalue weighted by Crippen LogP contribution is -2.45. The van der Waals surface area contributed by atoms with Crippen molar-refractivity contribution in [3.8, 4) is 11.5 Å². The van der Waals surface area contributed by atoms with E-state index in [0.29, 0.717) is 17.2 Å². The molecule has 3 amide bonds. The number of amides is 3. The highest BCUT2D eigenvalue weighted by molar-refractivity contribution is 7.10. The molecule has 0 aliphatic carbocycles. The van der Waals surface area contributed by atoms with Crippen LogP contribution >= 0.6 is 11.3 Å². The summed E-state index contributed by atoms with van der Waals surface area (Å²) in [6.45, 7) is 1.04. The molecule has 31 heavy (non-hydrogen) atoms. The molecule has 158 valence electrons. The highest BCUT2D eigenvalue weighted by atomic mass is 32.1. The minimum absolute atomic E-state index is 0.00105. The van der Waals surface area contributed by atoms with Gasteiger partial charge in [-0.05, 0) is 41.1 Å². The maximum absolute atomic E-state index is 12.7. The topological polar surface area (TPSA) is 79.9 Å². The third-order valence-electron chi connectivity index (χ3n) is 5.41. The lowest BCUT2D eigenvalue weighted by Gasteiger charge is -2.35. The number of imide groups is 1. The van der Waals surface area contributed by atoms with Gasteiger partial charge in [-0.2, -0.15) is 0 Å². The van der Waals surface area contributed by atoms with Crippen molar-refractivity contribution in [2.45, 2.75) is 12.5 Å². The molecule has 2 aliphatic rings. The number of carbonyl (C=O) groups is 2. The first-order chi connectivity index (χ1) is 15.2. The number of nitrogens with zero attached hydrogens (tertiary/aromatic N) is 1. The van der Waals surface area contributed by atoms with Crippen molar-refractivity contribution in [2.24, 2.45) is 0 Å². The average Bonchev–Trinajstić information content (AvgIpc) is 3.43. The van der Waals surface area contributed by atoms with Gasteiger partial charge in [0.25, 0.3) is 0 Å². The van der Waals surface area contributed by atoms with Gasteiger partial charge < -0.3 is 14.8 Å². The maximum atomic E-state index is 12.7. The van der Waals surface area contributed by atoms with Gasteiger partial charge in [0, 0.05) is 23.2 Å². The first-order valence-corrected chi connectivity index (χ1v) is 10.9. The SMILES string of the molecule is O=C(CN1CCc2sccc2[C@@H]1c1ccccc1)NC(=O)Nc1ccc2c(c1)OCO2. The number of carbonyl (C=O) groups excluding carboxylic acids is 2. The molecule has 2 aliphatic heterocycles. The number of anilines is 1. The molecule has 0 saturated heterocycles. The summed E-state index contributed by atoms with van der Waals surface area (Å²) >= 11 is 1.75. The van der Waals surface area contributed by atoms with E-state index < -0.39 is 6.03 Å². The predicted octanol–water partition coefficient (Wildman–Crippen LogP) is 3.77. The first kappa shape index (κ1) is 19.6. The molecule has 2 aromatic carbocycles. The van der Waals surface area contributed by atoms with E-state index in [9.17, 15) is 9.59 Å². The zero-order valence-corrected chi connectivity index (χ0v) is 17.5. The second-order valence-electron chi connectivity index (χ2n) is 7.40. The van der Waals surface area contributed by atoms with Gasteiger partial charge in [0.1, 0.15) is 0 Å². The number of ether oxygens (including phenoxy) is 2. The van der Waals surface area contributed by atoms with Crippen LogP contribution in [0.25, 0.3) is 0 Å². The highest BCUT2D eigenvalue weighted by Gasteiger charge is 2.31. The standard InChI is InChI=1S/C23H21N3O4S/c27-21(25-23(28)24-16-6-7-18-19(12-16)30-14-29-18)13-26-10-8-20-17(9-11-31-20)22(26)15-4-2-1-3-5-15/h1-7,9,11-12,22H,8,10,13-14H2,(H2,24,25,27,28)/t22-/m0/s1. The van der Waals surface area contributed by atoms with E-state index in [1.54, 1.807) is 29.5 Å². The number of hydrogen-bond donors (Lipinski definition) is 2. The van der Waals surface area contributed by atoms with Crippen molar-refractivity contribution in [3.63, 3.8) is 0 Å². The molecular formula is C23H21N3O4S. The number of nitrogens with one attached hydrogen (secondary N) is 2. The maximum Gasteiger partial charge on any atom is 0.325 e. The zero-order chi connectivity index (χ0) is 21.2. The Morgan fingerprint density at radius 1 is 1.06 bits per heavy atom. The smallest absolute Gasteiger partial charge is 0.325 e. The zero-order valence-electron chi connectivity index (χ0n) is 16.7. The van der Waals surface area contributed by atoms with Crippen LogP contribution in [0.2, 0.25) is 0 Å². The summed E-state index contributed by atoms with van der Waals surface area (Å²) < 4.78 is 10.6. The Kier molecular flexibility index (Phi) is 5.31. The minimum Gasteiger partial charge on any atom is -0.454 e. The molecule has 0 bridgehead atoms. The van der Waals surface area contributed by atoms with Crippen LogP contribution in [0, 0.1) is 0 Å². The summed E-state index contributed by atoms with van der Waals surface area (Å²) in [6, 6.07) is 16.8. The largest absolute Gasteiger partial charge is 0.454 e. The summed E-state index contributed by atoms with van der Waals surface area (Å²) in [5.41, 5.74) is 2.90. The van der Waals surface area contributed by atoms with Crippen LogP contribution in [-0.2, 0) is 11.2 Å². The van der Waals surface area contributed by atoms with Gasteiger partial charge in [0.15, 0.2) is 11.5 Å². The average molecular weight is 436 g/mol. The molecule has 0 radical (unpaired) electrons. The van der Waals surface area contributed by atoms with Crippen LogP contribution in [0.4, 0.5) is 10.5 Å².